The zero-order chi connectivity index (χ0) is 14.1. The van der Waals surface area contributed by atoms with Crippen molar-refractivity contribution in [2.24, 2.45) is 0 Å². The Balaban J connectivity index is 2.21. The number of rotatable bonds is 9. The van der Waals surface area contributed by atoms with E-state index in [2.05, 4.69) is 23.9 Å². The predicted molar refractivity (Wildman–Crippen MR) is 79.4 cm³/mol. The van der Waals surface area contributed by atoms with Gasteiger partial charge in [0.05, 0.1) is 5.75 Å². The average molecular weight is 284 g/mol. The highest BCUT2D eigenvalue weighted by Gasteiger charge is 2.09. The van der Waals surface area contributed by atoms with Crippen molar-refractivity contribution in [3.8, 4) is 0 Å². The van der Waals surface area contributed by atoms with Crippen molar-refractivity contribution in [1.82, 2.24) is 10.0 Å². The minimum atomic E-state index is -3.16. The monoisotopic (exact) mass is 284 g/mol. The Bertz CT molecular complexity index is 444. The molecule has 2 N–H and O–H groups in total. The van der Waals surface area contributed by atoms with E-state index in [0.717, 1.165) is 18.5 Å². The number of hydrogen-bond donors (Lipinski definition) is 2. The Morgan fingerprint density at radius 2 is 1.79 bits per heavy atom. The molecule has 4 nitrogen and oxygen atoms in total. The molecule has 0 amide bonds. The first-order valence-corrected chi connectivity index (χ1v) is 8.39. The molecule has 0 radical (unpaired) electrons. The van der Waals surface area contributed by atoms with Crippen molar-refractivity contribution in [1.29, 1.82) is 0 Å². The van der Waals surface area contributed by atoms with E-state index in [0.29, 0.717) is 19.0 Å². The van der Waals surface area contributed by atoms with Crippen LogP contribution in [0.25, 0.3) is 0 Å². The second-order valence-corrected chi connectivity index (χ2v) is 6.87. The summed E-state index contributed by atoms with van der Waals surface area (Å²) >= 11 is 0. The molecule has 0 saturated heterocycles. The molecule has 0 atom stereocenters. The van der Waals surface area contributed by atoms with Gasteiger partial charge in [0.2, 0.25) is 10.0 Å². The summed E-state index contributed by atoms with van der Waals surface area (Å²) in [5, 5.41) is 3.27. The lowest BCUT2D eigenvalue weighted by atomic mass is 10.2. The first-order chi connectivity index (χ1) is 8.99. The van der Waals surface area contributed by atoms with Gasteiger partial charge in [-0.05, 0) is 24.9 Å². The van der Waals surface area contributed by atoms with Gasteiger partial charge >= 0.3 is 0 Å². The smallest absolute Gasteiger partial charge is 0.211 e. The quantitative estimate of drug-likeness (QED) is 0.681. The molecule has 108 valence electrons. The fraction of sp³-hybridized carbons (Fsp3) is 0.571. The molecule has 0 fully saturated rings. The standard InChI is InChI=1S/C14H24N2O2S/c1-13(2)15-10-6-7-11-19(17,18)16-12-14-8-4-3-5-9-14/h3-5,8-9,13,15-16H,6-7,10-12H2,1-2H3. The van der Waals surface area contributed by atoms with Crippen molar-refractivity contribution in [3.05, 3.63) is 35.9 Å². The molecule has 0 aromatic heterocycles. The third kappa shape index (κ3) is 7.97. The van der Waals surface area contributed by atoms with E-state index in [1.165, 1.54) is 0 Å². The molecule has 1 aromatic carbocycles. The van der Waals surface area contributed by atoms with Gasteiger partial charge in [0.1, 0.15) is 0 Å². The van der Waals surface area contributed by atoms with Gasteiger partial charge < -0.3 is 5.32 Å². The van der Waals surface area contributed by atoms with Crippen LogP contribution in [0.15, 0.2) is 30.3 Å². The maximum atomic E-state index is 11.8. The summed E-state index contributed by atoms with van der Waals surface area (Å²) in [6.45, 7) is 5.40. The summed E-state index contributed by atoms with van der Waals surface area (Å²) < 4.78 is 26.2. The second kappa shape index (κ2) is 8.30. The minimum absolute atomic E-state index is 0.194. The molecule has 0 spiro atoms. The van der Waals surface area contributed by atoms with Crippen molar-refractivity contribution in [2.75, 3.05) is 12.3 Å². The summed E-state index contributed by atoms with van der Waals surface area (Å²) in [6.07, 6.45) is 1.56. The number of benzene rings is 1. The summed E-state index contributed by atoms with van der Waals surface area (Å²) in [5.74, 6) is 0.194. The van der Waals surface area contributed by atoms with Crippen LogP contribution in [-0.2, 0) is 16.6 Å². The molecule has 0 aliphatic carbocycles. The second-order valence-electron chi connectivity index (χ2n) is 4.94. The summed E-state index contributed by atoms with van der Waals surface area (Å²) in [6, 6.07) is 10.00. The van der Waals surface area contributed by atoms with Gasteiger partial charge in [-0.2, -0.15) is 0 Å². The predicted octanol–water partition coefficient (Wildman–Crippen LogP) is 1.88. The lowest BCUT2D eigenvalue weighted by molar-refractivity contribution is 0.555. The zero-order valence-corrected chi connectivity index (χ0v) is 12.5. The fourth-order valence-corrected chi connectivity index (χ4v) is 2.78. The largest absolute Gasteiger partial charge is 0.315 e. The lowest BCUT2D eigenvalue weighted by Gasteiger charge is -2.09. The lowest BCUT2D eigenvalue weighted by Crippen LogP contribution is -2.27. The normalized spacial score (nSPS) is 11.9. The van der Waals surface area contributed by atoms with Gasteiger partial charge in [-0.3, -0.25) is 0 Å². The summed E-state index contributed by atoms with van der Waals surface area (Å²) in [4.78, 5) is 0. The molecular formula is C14H24N2O2S. The SMILES string of the molecule is CC(C)NCCCCS(=O)(=O)NCc1ccccc1. The number of nitrogens with one attached hydrogen (secondary N) is 2. The first-order valence-electron chi connectivity index (χ1n) is 6.74. The van der Waals surface area contributed by atoms with Crippen LogP contribution in [0.4, 0.5) is 0 Å². The van der Waals surface area contributed by atoms with E-state index >= 15 is 0 Å². The maximum Gasteiger partial charge on any atom is 0.211 e. The van der Waals surface area contributed by atoms with Crippen LogP contribution in [0.2, 0.25) is 0 Å². The molecule has 19 heavy (non-hydrogen) atoms. The van der Waals surface area contributed by atoms with Crippen LogP contribution >= 0.6 is 0 Å². The number of hydrogen-bond acceptors (Lipinski definition) is 3. The average Bonchev–Trinajstić information content (AvgIpc) is 2.37. The molecule has 0 aliphatic rings. The van der Waals surface area contributed by atoms with Gasteiger partial charge in [0.25, 0.3) is 0 Å². The first kappa shape index (κ1) is 16.1. The molecule has 0 bridgehead atoms. The van der Waals surface area contributed by atoms with Crippen molar-refractivity contribution in [3.63, 3.8) is 0 Å². The third-order valence-corrected chi connectivity index (χ3v) is 4.14. The van der Waals surface area contributed by atoms with Crippen LogP contribution in [0.3, 0.4) is 0 Å². The molecule has 1 rings (SSSR count). The van der Waals surface area contributed by atoms with Crippen LogP contribution in [0.5, 0.6) is 0 Å². The maximum absolute atomic E-state index is 11.8. The molecule has 5 heteroatoms. The Kier molecular flexibility index (Phi) is 7.05. The number of unbranched alkanes of at least 4 members (excludes halogenated alkanes) is 1. The topological polar surface area (TPSA) is 58.2 Å². The fourth-order valence-electron chi connectivity index (χ4n) is 1.67. The van der Waals surface area contributed by atoms with E-state index < -0.39 is 10.0 Å². The van der Waals surface area contributed by atoms with Gasteiger partial charge in [-0.25, -0.2) is 13.1 Å². The van der Waals surface area contributed by atoms with Crippen molar-refractivity contribution in [2.45, 2.75) is 39.3 Å². The van der Waals surface area contributed by atoms with E-state index in [9.17, 15) is 8.42 Å². The van der Waals surface area contributed by atoms with E-state index in [4.69, 9.17) is 0 Å². The van der Waals surface area contributed by atoms with Crippen molar-refractivity contribution >= 4 is 10.0 Å². The highest BCUT2D eigenvalue weighted by Crippen LogP contribution is 2.00. The molecule has 0 heterocycles. The molecule has 0 unspecified atom stereocenters. The minimum Gasteiger partial charge on any atom is -0.315 e. The van der Waals surface area contributed by atoms with Crippen molar-refractivity contribution < 1.29 is 8.42 Å². The highest BCUT2D eigenvalue weighted by atomic mass is 32.2. The van der Waals surface area contributed by atoms with Gasteiger partial charge in [-0.1, -0.05) is 44.2 Å². The third-order valence-electron chi connectivity index (χ3n) is 2.73. The van der Waals surface area contributed by atoms with Crippen LogP contribution < -0.4 is 10.0 Å². The highest BCUT2D eigenvalue weighted by molar-refractivity contribution is 7.89. The number of sulfonamides is 1. The van der Waals surface area contributed by atoms with Gasteiger partial charge in [0, 0.05) is 12.6 Å². The molecule has 0 saturated carbocycles. The Morgan fingerprint density at radius 3 is 2.42 bits per heavy atom. The van der Waals surface area contributed by atoms with E-state index in [1.54, 1.807) is 0 Å². The Hall–Kier alpha value is -0.910. The van der Waals surface area contributed by atoms with Gasteiger partial charge in [-0.15, -0.1) is 0 Å². The van der Waals surface area contributed by atoms with E-state index in [1.807, 2.05) is 30.3 Å². The van der Waals surface area contributed by atoms with Gasteiger partial charge in [0.15, 0.2) is 0 Å². The molecule has 1 aromatic rings. The molecular weight excluding hydrogens is 260 g/mol. The van der Waals surface area contributed by atoms with Crippen LogP contribution in [0.1, 0.15) is 32.3 Å². The zero-order valence-electron chi connectivity index (χ0n) is 11.7. The Labute approximate surface area is 116 Å². The van der Waals surface area contributed by atoms with Crippen LogP contribution in [-0.4, -0.2) is 26.8 Å². The Morgan fingerprint density at radius 1 is 1.11 bits per heavy atom. The summed E-state index contributed by atoms with van der Waals surface area (Å²) in [5.41, 5.74) is 0.979. The molecule has 0 aliphatic heterocycles. The van der Waals surface area contributed by atoms with Crippen LogP contribution in [0, 0.1) is 0 Å². The summed E-state index contributed by atoms with van der Waals surface area (Å²) in [7, 11) is -3.16. The van der Waals surface area contributed by atoms with E-state index in [-0.39, 0.29) is 5.75 Å².